The molecule has 2 aromatic carbocycles. The summed E-state index contributed by atoms with van der Waals surface area (Å²) in [6, 6.07) is 13.9. The summed E-state index contributed by atoms with van der Waals surface area (Å²) in [4.78, 5) is 12.9. The van der Waals surface area contributed by atoms with Crippen molar-refractivity contribution in [1.29, 1.82) is 0 Å². The van der Waals surface area contributed by atoms with Crippen LogP contribution >= 0.6 is 0 Å². The SMILES string of the molecule is CN(C)C(=O)COc1ccc2ccccc2c1.O. The topological polar surface area (TPSA) is 61.0 Å². The monoisotopic (exact) mass is 247 g/mol. The number of amides is 1. The summed E-state index contributed by atoms with van der Waals surface area (Å²) in [5.41, 5.74) is 0. The van der Waals surface area contributed by atoms with Crippen LogP contribution in [-0.2, 0) is 4.79 Å². The van der Waals surface area contributed by atoms with E-state index in [1.54, 1.807) is 14.1 Å². The fourth-order valence-corrected chi connectivity index (χ4v) is 1.53. The van der Waals surface area contributed by atoms with Crippen LogP contribution in [0.25, 0.3) is 10.8 Å². The largest absolute Gasteiger partial charge is 0.484 e. The molecule has 96 valence electrons. The highest BCUT2D eigenvalue weighted by Crippen LogP contribution is 2.20. The lowest BCUT2D eigenvalue weighted by atomic mass is 10.1. The van der Waals surface area contributed by atoms with E-state index in [9.17, 15) is 4.79 Å². The van der Waals surface area contributed by atoms with Crippen molar-refractivity contribution in [2.45, 2.75) is 0 Å². The highest BCUT2D eigenvalue weighted by Gasteiger charge is 2.04. The predicted molar refractivity (Wildman–Crippen MR) is 71.8 cm³/mol. The molecule has 1 amide bonds. The molecule has 0 unspecified atom stereocenters. The molecular formula is C14H17NO3. The first-order valence-electron chi connectivity index (χ1n) is 5.48. The number of carbonyl (C=O) groups is 1. The summed E-state index contributed by atoms with van der Waals surface area (Å²) in [6.45, 7) is 0.0747. The number of hydrogen-bond acceptors (Lipinski definition) is 2. The van der Waals surface area contributed by atoms with Crippen LogP contribution in [0.3, 0.4) is 0 Å². The van der Waals surface area contributed by atoms with Gasteiger partial charge in [-0.05, 0) is 22.9 Å². The number of likely N-dealkylation sites (N-methyl/N-ethyl adjacent to an activating group) is 1. The molecule has 2 N–H and O–H groups in total. The van der Waals surface area contributed by atoms with Crippen LogP contribution in [0.1, 0.15) is 0 Å². The molecule has 0 aliphatic heterocycles. The molecule has 0 heterocycles. The van der Waals surface area contributed by atoms with E-state index in [0.717, 1.165) is 11.1 Å². The lowest BCUT2D eigenvalue weighted by molar-refractivity contribution is -0.130. The Bertz CT molecular complexity index is 537. The fraction of sp³-hybridized carbons (Fsp3) is 0.214. The molecule has 0 aliphatic rings. The molecule has 4 nitrogen and oxygen atoms in total. The van der Waals surface area contributed by atoms with E-state index < -0.39 is 0 Å². The number of fused-ring (bicyclic) bond motifs is 1. The third-order valence-electron chi connectivity index (χ3n) is 2.58. The lowest BCUT2D eigenvalue weighted by Gasteiger charge is -2.11. The van der Waals surface area contributed by atoms with Crippen LogP contribution in [-0.4, -0.2) is 37.0 Å². The predicted octanol–water partition coefficient (Wildman–Crippen LogP) is 1.48. The van der Waals surface area contributed by atoms with Crippen molar-refractivity contribution in [1.82, 2.24) is 4.90 Å². The van der Waals surface area contributed by atoms with E-state index in [4.69, 9.17) is 4.74 Å². The van der Waals surface area contributed by atoms with Gasteiger partial charge in [-0.25, -0.2) is 0 Å². The molecule has 0 atom stereocenters. The van der Waals surface area contributed by atoms with Crippen LogP contribution in [0.15, 0.2) is 42.5 Å². The highest BCUT2D eigenvalue weighted by molar-refractivity contribution is 5.84. The van der Waals surface area contributed by atoms with Crippen molar-refractivity contribution in [2.24, 2.45) is 0 Å². The average molecular weight is 247 g/mol. The highest BCUT2D eigenvalue weighted by atomic mass is 16.5. The Morgan fingerprint density at radius 2 is 1.78 bits per heavy atom. The maximum absolute atomic E-state index is 11.4. The van der Waals surface area contributed by atoms with Crippen molar-refractivity contribution < 1.29 is 15.0 Å². The lowest BCUT2D eigenvalue weighted by Crippen LogP contribution is -2.27. The van der Waals surface area contributed by atoms with E-state index in [-0.39, 0.29) is 18.0 Å². The van der Waals surface area contributed by atoms with E-state index in [1.165, 1.54) is 10.3 Å². The van der Waals surface area contributed by atoms with Gasteiger partial charge in [0.05, 0.1) is 0 Å². The Labute approximate surface area is 106 Å². The first-order chi connectivity index (χ1) is 8.16. The number of nitrogens with zero attached hydrogens (tertiary/aromatic N) is 1. The molecule has 0 fully saturated rings. The number of carbonyl (C=O) groups excluding carboxylic acids is 1. The second kappa shape index (κ2) is 6.02. The zero-order chi connectivity index (χ0) is 12.3. The number of hydrogen-bond donors (Lipinski definition) is 0. The van der Waals surface area contributed by atoms with Gasteiger partial charge < -0.3 is 15.1 Å². The van der Waals surface area contributed by atoms with Gasteiger partial charge in [-0.15, -0.1) is 0 Å². The van der Waals surface area contributed by atoms with Crippen LogP contribution in [0.4, 0.5) is 0 Å². The van der Waals surface area contributed by atoms with Gasteiger partial charge in [0.1, 0.15) is 5.75 Å². The minimum absolute atomic E-state index is 0. The van der Waals surface area contributed by atoms with Gasteiger partial charge in [0.15, 0.2) is 6.61 Å². The molecule has 0 aliphatic carbocycles. The maximum Gasteiger partial charge on any atom is 0.259 e. The smallest absolute Gasteiger partial charge is 0.259 e. The van der Waals surface area contributed by atoms with Gasteiger partial charge in [-0.1, -0.05) is 30.3 Å². The van der Waals surface area contributed by atoms with Crippen LogP contribution in [0, 0.1) is 0 Å². The van der Waals surface area contributed by atoms with E-state index in [0.29, 0.717) is 0 Å². The molecule has 18 heavy (non-hydrogen) atoms. The molecule has 2 rings (SSSR count). The molecule has 4 heteroatoms. The van der Waals surface area contributed by atoms with Gasteiger partial charge in [0, 0.05) is 14.1 Å². The zero-order valence-corrected chi connectivity index (χ0v) is 10.5. The van der Waals surface area contributed by atoms with Crippen molar-refractivity contribution in [3.05, 3.63) is 42.5 Å². The Hall–Kier alpha value is -2.07. The minimum Gasteiger partial charge on any atom is -0.484 e. The molecule has 0 aromatic heterocycles. The van der Waals surface area contributed by atoms with Crippen molar-refractivity contribution in [2.75, 3.05) is 20.7 Å². The molecular weight excluding hydrogens is 230 g/mol. The second-order valence-corrected chi connectivity index (χ2v) is 4.09. The third-order valence-corrected chi connectivity index (χ3v) is 2.58. The average Bonchev–Trinajstić information content (AvgIpc) is 2.35. The Kier molecular flexibility index (Phi) is 4.68. The van der Waals surface area contributed by atoms with Gasteiger partial charge in [0.25, 0.3) is 5.91 Å². The first-order valence-corrected chi connectivity index (χ1v) is 5.48. The zero-order valence-electron chi connectivity index (χ0n) is 10.5. The molecule has 0 saturated carbocycles. The number of rotatable bonds is 3. The summed E-state index contributed by atoms with van der Waals surface area (Å²) in [7, 11) is 3.43. The van der Waals surface area contributed by atoms with Crippen molar-refractivity contribution in [3.63, 3.8) is 0 Å². The normalized spacial score (nSPS) is 9.67. The Morgan fingerprint density at radius 1 is 1.11 bits per heavy atom. The Morgan fingerprint density at radius 3 is 2.44 bits per heavy atom. The van der Waals surface area contributed by atoms with Gasteiger partial charge in [-0.2, -0.15) is 0 Å². The molecule has 0 radical (unpaired) electrons. The summed E-state index contributed by atoms with van der Waals surface area (Å²) < 4.78 is 5.45. The van der Waals surface area contributed by atoms with Gasteiger partial charge in [0.2, 0.25) is 0 Å². The van der Waals surface area contributed by atoms with Gasteiger partial charge >= 0.3 is 0 Å². The van der Waals surface area contributed by atoms with Crippen LogP contribution in [0.2, 0.25) is 0 Å². The summed E-state index contributed by atoms with van der Waals surface area (Å²) in [6.07, 6.45) is 0. The third kappa shape index (κ3) is 3.21. The first kappa shape index (κ1) is 14.0. The standard InChI is InChI=1S/C14H15NO2.H2O/c1-15(2)14(16)10-17-13-8-7-11-5-3-4-6-12(11)9-13;/h3-9H,10H2,1-2H3;1H2. The second-order valence-electron chi connectivity index (χ2n) is 4.09. The molecule has 0 saturated heterocycles. The van der Waals surface area contributed by atoms with E-state index >= 15 is 0 Å². The summed E-state index contributed by atoms with van der Waals surface area (Å²) in [5.74, 6) is 0.678. The van der Waals surface area contributed by atoms with E-state index in [1.807, 2.05) is 42.5 Å². The van der Waals surface area contributed by atoms with Gasteiger partial charge in [-0.3, -0.25) is 4.79 Å². The minimum atomic E-state index is -0.0434. The Balaban J connectivity index is 0.00000162. The molecule has 2 aromatic rings. The fourth-order valence-electron chi connectivity index (χ4n) is 1.53. The molecule has 0 bridgehead atoms. The summed E-state index contributed by atoms with van der Waals surface area (Å²) in [5, 5.41) is 2.28. The van der Waals surface area contributed by atoms with Crippen LogP contribution in [0.5, 0.6) is 5.75 Å². The van der Waals surface area contributed by atoms with E-state index in [2.05, 4.69) is 0 Å². The number of benzene rings is 2. The quantitative estimate of drug-likeness (QED) is 0.824. The maximum atomic E-state index is 11.4. The van der Waals surface area contributed by atoms with Crippen molar-refractivity contribution >= 4 is 16.7 Å². The number of ether oxygens (including phenoxy) is 1. The molecule has 0 spiro atoms. The van der Waals surface area contributed by atoms with Crippen molar-refractivity contribution in [3.8, 4) is 5.75 Å². The van der Waals surface area contributed by atoms with Crippen LogP contribution < -0.4 is 4.74 Å². The summed E-state index contributed by atoms with van der Waals surface area (Å²) >= 11 is 0.